The van der Waals surface area contributed by atoms with Gasteiger partial charge in [0.15, 0.2) is 0 Å². The van der Waals surface area contributed by atoms with Crippen molar-refractivity contribution in [3.8, 4) is 0 Å². The summed E-state index contributed by atoms with van der Waals surface area (Å²) in [5, 5.41) is 11.4. The lowest BCUT2D eigenvalue weighted by atomic mass is 10.1. The zero-order chi connectivity index (χ0) is 11.3. The van der Waals surface area contributed by atoms with Crippen molar-refractivity contribution in [2.45, 2.75) is 26.8 Å². The number of nitrogens with one attached hydrogen (secondary N) is 1. The first-order valence-corrected chi connectivity index (χ1v) is 5.24. The van der Waals surface area contributed by atoms with Gasteiger partial charge in [0.05, 0.1) is 24.0 Å². The maximum Gasteiger partial charge on any atom is 0.0661 e. The molecule has 15 heavy (non-hydrogen) atoms. The van der Waals surface area contributed by atoms with E-state index in [1.165, 1.54) is 5.56 Å². The van der Waals surface area contributed by atoms with Crippen LogP contribution in [0, 0.1) is 13.8 Å². The Kier molecular flexibility index (Phi) is 4.65. The van der Waals surface area contributed by atoms with Crippen molar-refractivity contribution in [3.05, 3.63) is 23.0 Å². The summed E-state index contributed by atoms with van der Waals surface area (Å²) in [6.45, 7) is 7.31. The van der Waals surface area contributed by atoms with Gasteiger partial charge in [-0.1, -0.05) is 0 Å². The van der Waals surface area contributed by atoms with E-state index in [2.05, 4.69) is 21.6 Å². The molecule has 0 bridgehead atoms. The monoisotopic (exact) mass is 209 g/mol. The third-order valence-electron chi connectivity index (χ3n) is 2.35. The molecule has 1 N–H and O–H groups in total. The molecule has 4 nitrogen and oxygen atoms in total. The Morgan fingerprint density at radius 3 is 2.73 bits per heavy atom. The summed E-state index contributed by atoms with van der Waals surface area (Å²) in [6.07, 6.45) is 0. The third-order valence-corrected chi connectivity index (χ3v) is 2.35. The van der Waals surface area contributed by atoms with Gasteiger partial charge in [0.1, 0.15) is 0 Å². The summed E-state index contributed by atoms with van der Waals surface area (Å²) < 4.78 is 5.43. The van der Waals surface area contributed by atoms with Crippen LogP contribution in [0.4, 0.5) is 0 Å². The van der Waals surface area contributed by atoms with Gasteiger partial charge < -0.3 is 10.1 Å². The molecular weight excluding hydrogens is 190 g/mol. The SMILES string of the molecule is CCOCC(NC)c1cc(C)nnc1C. The predicted molar refractivity (Wildman–Crippen MR) is 59.8 cm³/mol. The van der Waals surface area contributed by atoms with Crippen molar-refractivity contribution in [2.24, 2.45) is 0 Å². The molecule has 1 aromatic rings. The first-order valence-electron chi connectivity index (χ1n) is 5.24. The predicted octanol–water partition coefficient (Wildman–Crippen LogP) is 1.39. The van der Waals surface area contributed by atoms with Gasteiger partial charge in [0.2, 0.25) is 0 Å². The molecule has 0 aromatic carbocycles. The van der Waals surface area contributed by atoms with Crippen LogP contribution >= 0.6 is 0 Å². The Bertz CT molecular complexity index is 315. The standard InChI is InChI=1S/C11H19N3O/c1-5-15-7-11(12-4)10-6-8(2)13-14-9(10)3/h6,11-12H,5,7H2,1-4H3. The van der Waals surface area contributed by atoms with Gasteiger partial charge in [0, 0.05) is 6.61 Å². The molecule has 0 saturated carbocycles. The lowest BCUT2D eigenvalue weighted by Gasteiger charge is -2.17. The first kappa shape index (κ1) is 12.1. The highest BCUT2D eigenvalue weighted by Gasteiger charge is 2.13. The molecule has 0 spiro atoms. The molecule has 4 heteroatoms. The molecule has 84 valence electrons. The van der Waals surface area contributed by atoms with E-state index < -0.39 is 0 Å². The van der Waals surface area contributed by atoms with Crippen LogP contribution in [0.1, 0.15) is 29.9 Å². The second-order valence-corrected chi connectivity index (χ2v) is 3.53. The smallest absolute Gasteiger partial charge is 0.0661 e. The number of hydrogen-bond donors (Lipinski definition) is 1. The van der Waals surface area contributed by atoms with E-state index in [1.54, 1.807) is 0 Å². The number of likely N-dealkylation sites (N-methyl/N-ethyl adjacent to an activating group) is 1. The number of rotatable bonds is 5. The van der Waals surface area contributed by atoms with E-state index >= 15 is 0 Å². The second kappa shape index (κ2) is 5.78. The highest BCUT2D eigenvalue weighted by molar-refractivity contribution is 5.23. The van der Waals surface area contributed by atoms with Crippen molar-refractivity contribution in [1.82, 2.24) is 15.5 Å². The Labute approximate surface area is 91.1 Å². The quantitative estimate of drug-likeness (QED) is 0.796. The minimum Gasteiger partial charge on any atom is -0.380 e. The summed E-state index contributed by atoms with van der Waals surface area (Å²) in [5.41, 5.74) is 3.06. The lowest BCUT2D eigenvalue weighted by Crippen LogP contribution is -2.23. The van der Waals surface area contributed by atoms with Gasteiger partial charge in [-0.25, -0.2) is 0 Å². The molecule has 1 unspecified atom stereocenters. The molecule has 0 amide bonds. The number of hydrogen-bond acceptors (Lipinski definition) is 4. The molecule has 1 atom stereocenters. The molecule has 0 aliphatic carbocycles. The highest BCUT2D eigenvalue weighted by Crippen LogP contribution is 2.16. The Hall–Kier alpha value is -1.00. The van der Waals surface area contributed by atoms with Crippen molar-refractivity contribution in [3.63, 3.8) is 0 Å². The molecule has 0 aliphatic heterocycles. The maximum absolute atomic E-state index is 5.43. The van der Waals surface area contributed by atoms with Crippen molar-refractivity contribution in [1.29, 1.82) is 0 Å². The molecule has 0 fully saturated rings. The topological polar surface area (TPSA) is 47.0 Å². The average Bonchev–Trinajstić information content (AvgIpc) is 2.24. The molecule has 0 aliphatic rings. The summed E-state index contributed by atoms with van der Waals surface area (Å²) in [6, 6.07) is 2.25. The molecule has 1 aromatic heterocycles. The average molecular weight is 209 g/mol. The number of nitrogens with zero attached hydrogens (tertiary/aromatic N) is 2. The van der Waals surface area contributed by atoms with Crippen LogP contribution in [0.2, 0.25) is 0 Å². The van der Waals surface area contributed by atoms with Crippen molar-refractivity contribution >= 4 is 0 Å². The zero-order valence-corrected chi connectivity index (χ0v) is 9.87. The Balaban J connectivity index is 2.85. The molecule has 0 saturated heterocycles. The van der Waals surface area contributed by atoms with E-state index in [0.29, 0.717) is 6.61 Å². The van der Waals surface area contributed by atoms with Gasteiger partial charge in [-0.15, -0.1) is 0 Å². The van der Waals surface area contributed by atoms with Gasteiger partial charge in [-0.3, -0.25) is 0 Å². The summed E-state index contributed by atoms with van der Waals surface area (Å²) in [4.78, 5) is 0. The van der Waals surface area contributed by atoms with E-state index in [1.807, 2.05) is 27.8 Å². The summed E-state index contributed by atoms with van der Waals surface area (Å²) in [7, 11) is 1.93. The fourth-order valence-corrected chi connectivity index (χ4v) is 1.49. The first-order chi connectivity index (χ1) is 7.19. The van der Waals surface area contributed by atoms with E-state index in [0.717, 1.165) is 18.0 Å². The van der Waals surface area contributed by atoms with Crippen LogP contribution in [-0.4, -0.2) is 30.5 Å². The number of aryl methyl sites for hydroxylation is 2. The van der Waals surface area contributed by atoms with E-state index in [9.17, 15) is 0 Å². The number of aromatic nitrogens is 2. The molecule has 0 radical (unpaired) electrons. The summed E-state index contributed by atoms with van der Waals surface area (Å²) in [5.74, 6) is 0. The normalized spacial score (nSPS) is 12.8. The minimum atomic E-state index is 0.194. The van der Waals surface area contributed by atoms with Gasteiger partial charge in [-0.05, 0) is 39.4 Å². The van der Waals surface area contributed by atoms with Crippen LogP contribution in [-0.2, 0) is 4.74 Å². The highest BCUT2D eigenvalue weighted by atomic mass is 16.5. The van der Waals surface area contributed by atoms with Gasteiger partial charge in [0.25, 0.3) is 0 Å². The van der Waals surface area contributed by atoms with E-state index in [4.69, 9.17) is 4.74 Å². The van der Waals surface area contributed by atoms with E-state index in [-0.39, 0.29) is 6.04 Å². The third kappa shape index (κ3) is 3.25. The summed E-state index contributed by atoms with van der Waals surface area (Å²) >= 11 is 0. The molecule has 1 rings (SSSR count). The van der Waals surface area contributed by atoms with Crippen LogP contribution in [0.15, 0.2) is 6.07 Å². The second-order valence-electron chi connectivity index (χ2n) is 3.53. The van der Waals surface area contributed by atoms with Crippen molar-refractivity contribution in [2.75, 3.05) is 20.3 Å². The maximum atomic E-state index is 5.43. The van der Waals surface area contributed by atoms with Gasteiger partial charge in [-0.2, -0.15) is 10.2 Å². The van der Waals surface area contributed by atoms with Crippen LogP contribution < -0.4 is 5.32 Å². The Morgan fingerprint density at radius 1 is 1.40 bits per heavy atom. The van der Waals surface area contributed by atoms with Crippen molar-refractivity contribution < 1.29 is 4.74 Å². The zero-order valence-electron chi connectivity index (χ0n) is 9.87. The van der Waals surface area contributed by atoms with Crippen LogP contribution in [0.25, 0.3) is 0 Å². The fourth-order valence-electron chi connectivity index (χ4n) is 1.49. The minimum absolute atomic E-state index is 0.194. The Morgan fingerprint density at radius 2 is 2.13 bits per heavy atom. The van der Waals surface area contributed by atoms with Crippen LogP contribution in [0.3, 0.4) is 0 Å². The van der Waals surface area contributed by atoms with Crippen LogP contribution in [0.5, 0.6) is 0 Å². The largest absolute Gasteiger partial charge is 0.380 e. The van der Waals surface area contributed by atoms with Gasteiger partial charge >= 0.3 is 0 Å². The molecule has 1 heterocycles. The number of ether oxygens (including phenoxy) is 1. The lowest BCUT2D eigenvalue weighted by molar-refractivity contribution is 0.125. The fraction of sp³-hybridized carbons (Fsp3) is 0.636. The molecular formula is C11H19N3O.